The van der Waals surface area contributed by atoms with Gasteiger partial charge in [0.15, 0.2) is 0 Å². The number of tetrazole rings is 1. The summed E-state index contributed by atoms with van der Waals surface area (Å²) in [4.78, 5) is 0. The Labute approximate surface area is 118 Å². The van der Waals surface area contributed by atoms with Crippen LogP contribution in [-0.4, -0.2) is 40.0 Å². The zero-order valence-corrected chi connectivity index (χ0v) is 11.6. The van der Waals surface area contributed by atoms with E-state index in [2.05, 4.69) is 39.9 Å². The fraction of sp³-hybridized carbons (Fsp3) is 0.500. The topological polar surface area (TPSA) is 64.9 Å². The molecule has 1 atom stereocenters. The fourth-order valence-corrected chi connectivity index (χ4v) is 2.52. The molecule has 6 heteroatoms. The van der Waals surface area contributed by atoms with Gasteiger partial charge >= 0.3 is 0 Å². The maximum atomic E-state index is 5.50. The Morgan fingerprint density at radius 1 is 1.45 bits per heavy atom. The lowest BCUT2D eigenvalue weighted by atomic mass is 10.0. The van der Waals surface area contributed by atoms with Gasteiger partial charge in [-0.05, 0) is 59.9 Å². The number of aryl methyl sites for hydroxylation is 1. The quantitative estimate of drug-likeness (QED) is 0.920. The predicted octanol–water partition coefficient (Wildman–Crippen LogP) is 1.81. The summed E-state index contributed by atoms with van der Waals surface area (Å²) in [7, 11) is 0. The van der Waals surface area contributed by atoms with Crippen molar-refractivity contribution in [2.24, 2.45) is 5.92 Å². The summed E-state index contributed by atoms with van der Waals surface area (Å²) >= 11 is 0. The molecule has 3 rings (SSSR count). The molecule has 0 saturated carbocycles. The van der Waals surface area contributed by atoms with Gasteiger partial charge in [0, 0.05) is 18.8 Å². The Morgan fingerprint density at radius 2 is 2.40 bits per heavy atom. The lowest BCUT2D eigenvalue weighted by Crippen LogP contribution is -2.24. The molecule has 20 heavy (non-hydrogen) atoms. The van der Waals surface area contributed by atoms with E-state index < -0.39 is 0 Å². The van der Waals surface area contributed by atoms with E-state index in [9.17, 15) is 0 Å². The van der Waals surface area contributed by atoms with Crippen LogP contribution < -0.4 is 5.32 Å². The minimum absolute atomic E-state index is 0.614. The molecule has 0 radical (unpaired) electrons. The van der Waals surface area contributed by atoms with Crippen molar-refractivity contribution < 1.29 is 4.74 Å². The monoisotopic (exact) mass is 273 g/mol. The lowest BCUT2D eigenvalue weighted by Gasteiger charge is -2.22. The third-order valence-electron chi connectivity index (χ3n) is 3.64. The molecular weight excluding hydrogens is 254 g/mol. The molecule has 2 aromatic rings. The normalized spacial score (nSPS) is 18.9. The van der Waals surface area contributed by atoms with Gasteiger partial charge in [0.05, 0.1) is 12.3 Å². The third kappa shape index (κ3) is 2.96. The molecule has 0 aliphatic carbocycles. The van der Waals surface area contributed by atoms with Crippen molar-refractivity contribution in [3.05, 3.63) is 30.1 Å². The molecule has 1 aromatic carbocycles. The molecule has 0 bridgehead atoms. The van der Waals surface area contributed by atoms with Crippen molar-refractivity contribution in [3.63, 3.8) is 0 Å². The minimum Gasteiger partial charge on any atom is -0.385 e. The molecule has 2 heterocycles. The molecular formula is C14H19N5O. The van der Waals surface area contributed by atoms with E-state index in [-0.39, 0.29) is 0 Å². The Hall–Kier alpha value is -1.95. The molecule has 1 aliphatic rings. The lowest BCUT2D eigenvalue weighted by molar-refractivity contribution is 0.0595. The number of nitrogens with one attached hydrogen (secondary N) is 1. The van der Waals surface area contributed by atoms with Crippen LogP contribution in [0, 0.1) is 12.8 Å². The van der Waals surface area contributed by atoms with E-state index in [1.807, 2.05) is 6.07 Å². The predicted molar refractivity (Wildman–Crippen MR) is 75.9 cm³/mol. The average molecular weight is 273 g/mol. The van der Waals surface area contributed by atoms with Crippen LogP contribution in [0.3, 0.4) is 0 Å². The Morgan fingerprint density at radius 3 is 3.10 bits per heavy atom. The summed E-state index contributed by atoms with van der Waals surface area (Å²) in [6, 6.07) is 6.22. The zero-order valence-electron chi connectivity index (χ0n) is 11.6. The van der Waals surface area contributed by atoms with Crippen molar-refractivity contribution in [1.82, 2.24) is 20.2 Å². The zero-order chi connectivity index (χ0) is 13.8. The highest BCUT2D eigenvalue weighted by atomic mass is 16.5. The first-order chi connectivity index (χ1) is 9.83. The number of hydrogen-bond acceptors (Lipinski definition) is 5. The Bertz CT molecular complexity index is 549. The second kappa shape index (κ2) is 6.00. The molecule has 1 saturated heterocycles. The average Bonchev–Trinajstić information content (AvgIpc) is 3.00. The highest BCUT2D eigenvalue weighted by Gasteiger charge is 2.13. The van der Waals surface area contributed by atoms with E-state index in [1.165, 1.54) is 12.8 Å². The molecule has 6 nitrogen and oxygen atoms in total. The van der Waals surface area contributed by atoms with Gasteiger partial charge in [-0.15, -0.1) is 5.10 Å². The van der Waals surface area contributed by atoms with Crippen LogP contribution >= 0.6 is 0 Å². The largest absolute Gasteiger partial charge is 0.385 e. The number of ether oxygens (including phenoxy) is 1. The first-order valence-electron chi connectivity index (χ1n) is 6.98. The number of nitrogens with zero attached hydrogens (tertiary/aromatic N) is 4. The van der Waals surface area contributed by atoms with Crippen LogP contribution in [0.15, 0.2) is 24.5 Å². The van der Waals surface area contributed by atoms with Crippen LogP contribution in [-0.2, 0) is 4.74 Å². The molecule has 1 unspecified atom stereocenters. The first kappa shape index (κ1) is 13.1. The van der Waals surface area contributed by atoms with Crippen LogP contribution in [0.2, 0.25) is 0 Å². The van der Waals surface area contributed by atoms with Crippen LogP contribution in [0.4, 0.5) is 5.69 Å². The van der Waals surface area contributed by atoms with Gasteiger partial charge in [-0.25, -0.2) is 4.68 Å². The molecule has 1 aliphatic heterocycles. The summed E-state index contributed by atoms with van der Waals surface area (Å²) in [5.74, 6) is 0.614. The highest BCUT2D eigenvalue weighted by Crippen LogP contribution is 2.19. The fourth-order valence-electron chi connectivity index (χ4n) is 2.52. The molecule has 1 N–H and O–H groups in total. The maximum Gasteiger partial charge on any atom is 0.143 e. The number of rotatable bonds is 4. The van der Waals surface area contributed by atoms with Crippen molar-refractivity contribution in [3.8, 4) is 5.69 Å². The van der Waals surface area contributed by atoms with Gasteiger partial charge < -0.3 is 10.1 Å². The van der Waals surface area contributed by atoms with Crippen LogP contribution in [0.5, 0.6) is 0 Å². The van der Waals surface area contributed by atoms with Crippen molar-refractivity contribution >= 4 is 5.69 Å². The molecule has 106 valence electrons. The highest BCUT2D eigenvalue weighted by molar-refractivity contribution is 5.53. The standard InChI is InChI=1S/C14H19N5O/c1-11-7-13(15-8-12-3-2-6-20-9-12)4-5-14(11)19-10-16-17-18-19/h4-5,7,10,12,15H,2-3,6,8-9H2,1H3. The number of anilines is 1. The van der Waals surface area contributed by atoms with Gasteiger partial charge in [0.2, 0.25) is 0 Å². The summed E-state index contributed by atoms with van der Waals surface area (Å²) in [6.07, 6.45) is 4.02. The maximum absolute atomic E-state index is 5.50. The van der Waals surface area contributed by atoms with E-state index in [0.29, 0.717) is 5.92 Å². The summed E-state index contributed by atoms with van der Waals surface area (Å²) in [6.45, 7) is 4.81. The second-order valence-electron chi connectivity index (χ2n) is 5.22. The number of hydrogen-bond donors (Lipinski definition) is 1. The van der Waals surface area contributed by atoms with Crippen molar-refractivity contribution in [2.75, 3.05) is 25.1 Å². The van der Waals surface area contributed by atoms with Crippen LogP contribution in [0.1, 0.15) is 18.4 Å². The summed E-state index contributed by atoms with van der Waals surface area (Å²) in [5.41, 5.74) is 3.27. The molecule has 1 aromatic heterocycles. The molecule has 0 spiro atoms. The summed E-state index contributed by atoms with van der Waals surface area (Å²) in [5, 5.41) is 14.7. The van der Waals surface area contributed by atoms with Crippen molar-refractivity contribution in [1.29, 1.82) is 0 Å². The Balaban J connectivity index is 1.64. The van der Waals surface area contributed by atoms with Gasteiger partial charge in [-0.2, -0.15) is 0 Å². The number of aromatic nitrogens is 4. The second-order valence-corrected chi connectivity index (χ2v) is 5.22. The third-order valence-corrected chi connectivity index (χ3v) is 3.64. The van der Waals surface area contributed by atoms with Gasteiger partial charge in [0.25, 0.3) is 0 Å². The smallest absolute Gasteiger partial charge is 0.143 e. The van der Waals surface area contributed by atoms with Crippen LogP contribution in [0.25, 0.3) is 5.69 Å². The molecule has 0 amide bonds. The van der Waals surface area contributed by atoms with Crippen molar-refractivity contribution in [2.45, 2.75) is 19.8 Å². The van der Waals surface area contributed by atoms with E-state index in [4.69, 9.17) is 4.74 Å². The van der Waals surface area contributed by atoms with E-state index >= 15 is 0 Å². The van der Waals surface area contributed by atoms with Gasteiger partial charge in [-0.1, -0.05) is 0 Å². The van der Waals surface area contributed by atoms with E-state index in [1.54, 1.807) is 11.0 Å². The van der Waals surface area contributed by atoms with Gasteiger partial charge in [-0.3, -0.25) is 0 Å². The number of benzene rings is 1. The summed E-state index contributed by atoms with van der Waals surface area (Å²) < 4.78 is 7.17. The minimum atomic E-state index is 0.614. The van der Waals surface area contributed by atoms with E-state index in [0.717, 1.165) is 36.7 Å². The first-order valence-corrected chi connectivity index (χ1v) is 6.98. The molecule has 1 fully saturated rings. The Kier molecular flexibility index (Phi) is 3.92. The van der Waals surface area contributed by atoms with Gasteiger partial charge in [0.1, 0.15) is 6.33 Å². The SMILES string of the molecule is Cc1cc(NCC2CCCOC2)ccc1-n1cnnn1.